The zero-order valence-electron chi connectivity index (χ0n) is 14.5. The number of hydrogen-bond acceptors (Lipinski definition) is 3. The average molecular weight is 432 g/mol. The number of aromatic nitrogens is 3. The smallest absolute Gasteiger partial charge is 0.377 e. The predicted octanol–water partition coefficient (Wildman–Crippen LogP) is 4.89. The largest absolute Gasteiger partial charge is 0.433 e. The molecule has 2 heterocycles. The molecule has 0 saturated carbocycles. The normalized spacial score (nSPS) is 11.8. The molecule has 10 heteroatoms. The summed E-state index contributed by atoms with van der Waals surface area (Å²) in [5.41, 5.74) is -0.884. The fourth-order valence-corrected chi connectivity index (χ4v) is 2.94. The van der Waals surface area contributed by atoms with Crippen LogP contribution in [-0.2, 0) is 17.5 Å². The molecule has 5 nitrogen and oxygen atoms in total. The lowest BCUT2D eigenvalue weighted by Crippen LogP contribution is -2.18. The molecule has 0 aliphatic carbocycles. The Kier molecular flexibility index (Phi) is 5.83. The molecule has 0 saturated heterocycles. The summed E-state index contributed by atoms with van der Waals surface area (Å²) in [7, 11) is 0. The number of hydrogen-bond donors (Lipinski definition) is 0. The third kappa shape index (κ3) is 3.94. The molecule has 0 radical (unpaired) electrons. The topological polar surface area (TPSA) is 49.0 Å². The average Bonchev–Trinajstić information content (AvgIpc) is 3.09. The fraction of sp³-hybridized carbons (Fsp3) is 0.222. The zero-order valence-corrected chi connectivity index (χ0v) is 16.0. The van der Waals surface area contributed by atoms with Gasteiger partial charge in [0.15, 0.2) is 5.69 Å². The van der Waals surface area contributed by atoms with Crippen LogP contribution in [0.3, 0.4) is 0 Å². The molecule has 0 unspecified atom stereocenters. The number of nitrogens with zero attached hydrogens (tertiary/aromatic N) is 3. The molecule has 0 amide bonds. The van der Waals surface area contributed by atoms with E-state index in [1.165, 1.54) is 41.1 Å². The number of rotatable bonds is 5. The van der Waals surface area contributed by atoms with E-state index in [4.69, 9.17) is 27.9 Å². The van der Waals surface area contributed by atoms with E-state index in [-0.39, 0.29) is 34.5 Å². The second-order valence-electron chi connectivity index (χ2n) is 5.73. The van der Waals surface area contributed by atoms with Gasteiger partial charge in [0.2, 0.25) is 0 Å². The first kappa shape index (κ1) is 20.4. The van der Waals surface area contributed by atoms with Gasteiger partial charge < -0.3 is 4.74 Å². The Balaban J connectivity index is 2.02. The molecule has 2 aromatic heterocycles. The second kappa shape index (κ2) is 7.98. The van der Waals surface area contributed by atoms with Gasteiger partial charge in [-0.2, -0.15) is 18.3 Å². The van der Waals surface area contributed by atoms with Crippen LogP contribution in [0.2, 0.25) is 10.0 Å². The van der Waals surface area contributed by atoms with E-state index in [9.17, 15) is 18.0 Å². The summed E-state index contributed by atoms with van der Waals surface area (Å²) in [6.45, 7) is 1.79. The predicted molar refractivity (Wildman–Crippen MR) is 99.5 cm³/mol. The summed E-state index contributed by atoms with van der Waals surface area (Å²) in [6, 6.07) is 7.29. The van der Waals surface area contributed by atoms with Crippen LogP contribution in [0.15, 0.2) is 47.5 Å². The summed E-state index contributed by atoms with van der Waals surface area (Å²) >= 11 is 11.7. The highest BCUT2D eigenvalue weighted by Crippen LogP contribution is 2.34. The van der Waals surface area contributed by atoms with Crippen molar-refractivity contribution in [1.29, 1.82) is 0 Å². The molecule has 28 heavy (non-hydrogen) atoms. The van der Waals surface area contributed by atoms with Crippen molar-refractivity contribution in [2.24, 2.45) is 0 Å². The van der Waals surface area contributed by atoms with E-state index in [0.29, 0.717) is 5.69 Å². The monoisotopic (exact) mass is 431 g/mol. The standard InChI is InChI=1S/C18H14Cl2F3N3O2/c1-2-28-10-11-9-24-26(16(11)18(21,22)23)13-5-3-12(4-6-13)25-8-7-14(19)15(20)17(25)27/h3-9H,2,10H2,1H3. The van der Waals surface area contributed by atoms with Gasteiger partial charge in [-0.1, -0.05) is 23.2 Å². The first-order valence-corrected chi connectivity index (χ1v) is 8.89. The number of benzene rings is 1. The maximum atomic E-state index is 13.5. The van der Waals surface area contributed by atoms with Gasteiger partial charge in [0, 0.05) is 24.1 Å². The highest BCUT2D eigenvalue weighted by atomic mass is 35.5. The lowest BCUT2D eigenvalue weighted by atomic mass is 10.2. The van der Waals surface area contributed by atoms with E-state index < -0.39 is 17.4 Å². The van der Waals surface area contributed by atoms with Crippen molar-refractivity contribution in [3.05, 3.63) is 74.4 Å². The molecule has 0 N–H and O–H groups in total. The summed E-state index contributed by atoms with van der Waals surface area (Å²) in [5, 5.41) is 3.84. The van der Waals surface area contributed by atoms with Gasteiger partial charge in [-0.15, -0.1) is 0 Å². The lowest BCUT2D eigenvalue weighted by molar-refractivity contribution is -0.144. The van der Waals surface area contributed by atoms with Crippen molar-refractivity contribution in [2.45, 2.75) is 19.7 Å². The van der Waals surface area contributed by atoms with Crippen LogP contribution >= 0.6 is 23.2 Å². The van der Waals surface area contributed by atoms with E-state index in [2.05, 4.69) is 5.10 Å². The van der Waals surface area contributed by atoms with Gasteiger partial charge in [0.25, 0.3) is 5.56 Å². The van der Waals surface area contributed by atoms with Gasteiger partial charge >= 0.3 is 6.18 Å². The first-order valence-electron chi connectivity index (χ1n) is 8.13. The van der Waals surface area contributed by atoms with Crippen LogP contribution in [0.25, 0.3) is 11.4 Å². The number of halogens is 5. The highest BCUT2D eigenvalue weighted by Gasteiger charge is 2.38. The molecule has 0 fully saturated rings. The molecule has 148 valence electrons. The molecule has 0 bridgehead atoms. The summed E-state index contributed by atoms with van der Waals surface area (Å²) in [6.07, 6.45) is -2.04. The summed E-state index contributed by atoms with van der Waals surface area (Å²) < 4.78 is 47.8. The maximum absolute atomic E-state index is 13.5. The van der Waals surface area contributed by atoms with E-state index in [1.807, 2.05) is 0 Å². The zero-order chi connectivity index (χ0) is 20.5. The van der Waals surface area contributed by atoms with E-state index in [0.717, 1.165) is 10.9 Å². The second-order valence-corrected chi connectivity index (χ2v) is 6.52. The molecular weight excluding hydrogens is 418 g/mol. The van der Waals surface area contributed by atoms with E-state index >= 15 is 0 Å². The minimum atomic E-state index is -4.61. The minimum absolute atomic E-state index is 0.0564. The molecule has 0 aliphatic rings. The summed E-state index contributed by atoms with van der Waals surface area (Å²) in [5.74, 6) is 0. The van der Waals surface area contributed by atoms with Crippen LogP contribution in [0.5, 0.6) is 0 Å². The molecule has 3 aromatic rings. The van der Waals surface area contributed by atoms with E-state index in [1.54, 1.807) is 6.92 Å². The fourth-order valence-electron chi connectivity index (χ4n) is 2.64. The molecule has 1 aromatic carbocycles. The Bertz CT molecular complexity index is 1040. The summed E-state index contributed by atoms with van der Waals surface area (Å²) in [4.78, 5) is 12.2. The van der Waals surface area contributed by atoms with Gasteiger partial charge in [0.05, 0.1) is 23.5 Å². The van der Waals surface area contributed by atoms with Crippen LogP contribution in [0, 0.1) is 0 Å². The van der Waals surface area contributed by atoms with Gasteiger partial charge in [0.1, 0.15) is 5.02 Å². The van der Waals surface area contributed by atoms with Crippen LogP contribution < -0.4 is 5.56 Å². The third-order valence-corrected chi connectivity index (χ3v) is 4.71. The molecule has 0 spiro atoms. The number of alkyl halides is 3. The van der Waals surface area contributed by atoms with Gasteiger partial charge in [-0.3, -0.25) is 9.36 Å². The molecule has 3 rings (SSSR count). The Hall–Kier alpha value is -2.29. The Morgan fingerprint density at radius 2 is 1.75 bits per heavy atom. The highest BCUT2D eigenvalue weighted by molar-refractivity contribution is 6.41. The van der Waals surface area contributed by atoms with Gasteiger partial charge in [-0.05, 0) is 37.3 Å². The van der Waals surface area contributed by atoms with Crippen molar-refractivity contribution in [3.63, 3.8) is 0 Å². The number of ether oxygens (including phenoxy) is 1. The third-order valence-electron chi connectivity index (χ3n) is 3.93. The molecule has 0 aliphatic heterocycles. The SMILES string of the molecule is CCOCc1cnn(-c2ccc(-n3ccc(Cl)c(Cl)c3=O)cc2)c1C(F)(F)F. The maximum Gasteiger partial charge on any atom is 0.433 e. The Morgan fingerprint density at radius 1 is 1.11 bits per heavy atom. The molecular formula is C18H14Cl2F3N3O2. The number of pyridine rings is 1. The first-order chi connectivity index (χ1) is 13.2. The van der Waals surface area contributed by atoms with Gasteiger partial charge in [-0.25, -0.2) is 4.68 Å². The Labute approximate surface area is 167 Å². The van der Waals surface area contributed by atoms with Crippen molar-refractivity contribution < 1.29 is 17.9 Å². The minimum Gasteiger partial charge on any atom is -0.377 e. The van der Waals surface area contributed by atoms with Crippen molar-refractivity contribution >= 4 is 23.2 Å². The van der Waals surface area contributed by atoms with Crippen LogP contribution in [-0.4, -0.2) is 21.0 Å². The molecule has 0 atom stereocenters. The Morgan fingerprint density at radius 3 is 2.36 bits per heavy atom. The van der Waals surface area contributed by atoms with Crippen LogP contribution in [0.1, 0.15) is 18.2 Å². The van der Waals surface area contributed by atoms with Crippen molar-refractivity contribution in [1.82, 2.24) is 14.3 Å². The quantitative estimate of drug-likeness (QED) is 0.577. The van der Waals surface area contributed by atoms with Crippen molar-refractivity contribution in [3.8, 4) is 11.4 Å². The van der Waals surface area contributed by atoms with Crippen molar-refractivity contribution in [2.75, 3.05) is 6.61 Å². The lowest BCUT2D eigenvalue weighted by Gasteiger charge is -2.13. The van der Waals surface area contributed by atoms with Crippen LogP contribution in [0.4, 0.5) is 13.2 Å².